The molecule has 0 bridgehead atoms. The summed E-state index contributed by atoms with van der Waals surface area (Å²) < 4.78 is 13.1. The van der Waals surface area contributed by atoms with Crippen LogP contribution in [0.25, 0.3) is 11.3 Å². The number of benzene rings is 2. The van der Waals surface area contributed by atoms with Crippen LogP contribution >= 0.6 is 0 Å². The summed E-state index contributed by atoms with van der Waals surface area (Å²) >= 11 is 0. The number of aliphatic hydroxyl groups is 1. The Hall–Kier alpha value is -4.11. The molecular weight excluding hydrogens is 556 g/mol. The fraction of sp³-hybridized carbons (Fsp3) is 0.457. The van der Waals surface area contributed by atoms with Gasteiger partial charge in [0.15, 0.2) is 5.69 Å². The van der Waals surface area contributed by atoms with Gasteiger partial charge in [0.05, 0.1) is 31.6 Å². The van der Waals surface area contributed by atoms with Crippen LogP contribution in [0.15, 0.2) is 66.7 Å². The van der Waals surface area contributed by atoms with Crippen molar-refractivity contribution in [2.45, 2.75) is 79.0 Å². The van der Waals surface area contributed by atoms with Crippen LogP contribution in [0.5, 0.6) is 11.5 Å². The average Bonchev–Trinajstić information content (AvgIpc) is 3.48. The van der Waals surface area contributed by atoms with Gasteiger partial charge in [-0.3, -0.25) is 14.3 Å². The Bertz CT molecular complexity index is 1300. The van der Waals surface area contributed by atoms with E-state index in [1.54, 1.807) is 25.0 Å². The fourth-order valence-electron chi connectivity index (χ4n) is 4.34. The number of hydrogen-bond donors (Lipinski definition) is 3. The van der Waals surface area contributed by atoms with E-state index in [1.165, 1.54) is 0 Å². The van der Waals surface area contributed by atoms with E-state index in [2.05, 4.69) is 29.6 Å². The molecule has 9 heteroatoms. The van der Waals surface area contributed by atoms with E-state index in [9.17, 15) is 14.7 Å². The molecule has 1 aromatic heterocycles. The number of ether oxygens (including phenoxy) is 2. The summed E-state index contributed by atoms with van der Waals surface area (Å²) in [4.78, 5) is 26.6. The zero-order valence-corrected chi connectivity index (χ0v) is 27.3. The maximum absolute atomic E-state index is 13.5. The largest absolute Gasteiger partial charge is 0.496 e. The maximum atomic E-state index is 13.5. The second kappa shape index (κ2) is 19.2. The highest BCUT2D eigenvalue weighted by Crippen LogP contribution is 2.39. The van der Waals surface area contributed by atoms with Gasteiger partial charge in [0.1, 0.15) is 17.5 Å². The van der Waals surface area contributed by atoms with Crippen LogP contribution in [0.2, 0.25) is 0 Å². The number of hydrogen-bond acceptors (Lipinski definition) is 6. The van der Waals surface area contributed by atoms with Crippen molar-refractivity contribution in [1.82, 2.24) is 20.4 Å². The van der Waals surface area contributed by atoms with Crippen molar-refractivity contribution in [2.75, 3.05) is 20.8 Å². The molecule has 0 spiro atoms. The Balaban J connectivity index is 0.00000159. The highest BCUT2D eigenvalue weighted by Gasteiger charge is 2.26. The molecule has 0 saturated heterocycles. The van der Waals surface area contributed by atoms with E-state index >= 15 is 0 Å². The van der Waals surface area contributed by atoms with Crippen LogP contribution in [0.1, 0.15) is 69.9 Å². The standard InChI is InChI=1S/C31H42N4O5.C4H8/c1-6-21(3)20-35-26(29-27(39-4)14-11-15-28(29)40-5)18-25(34-35)31(38)33-24(30(37)32-19-23(36)7-2)17-16-22-12-9-8-10-13-22;1-3-4-2/h8-15,18,21,23-24,36H,6-7,16-17,19-20H2,1-5H3,(H,32,37)(H,33,38);3-4H,1-2H3/b;4-3-. The molecule has 2 aromatic carbocycles. The molecule has 0 radical (unpaired) electrons. The van der Waals surface area contributed by atoms with Gasteiger partial charge in [-0.2, -0.15) is 5.10 Å². The lowest BCUT2D eigenvalue weighted by molar-refractivity contribution is -0.123. The van der Waals surface area contributed by atoms with E-state index < -0.39 is 18.1 Å². The number of carbonyl (C=O) groups excluding carboxylic acids is 2. The summed E-state index contributed by atoms with van der Waals surface area (Å²) in [5.41, 5.74) is 2.65. The van der Waals surface area contributed by atoms with E-state index in [4.69, 9.17) is 9.47 Å². The van der Waals surface area contributed by atoms with Gasteiger partial charge < -0.3 is 25.2 Å². The Morgan fingerprint density at radius 3 is 2.16 bits per heavy atom. The van der Waals surface area contributed by atoms with Crippen molar-refractivity contribution in [3.8, 4) is 22.8 Å². The summed E-state index contributed by atoms with van der Waals surface area (Å²) in [5, 5.41) is 20.3. The molecular formula is C35H50N4O5. The molecule has 44 heavy (non-hydrogen) atoms. The van der Waals surface area contributed by atoms with Crippen molar-refractivity contribution in [3.63, 3.8) is 0 Å². The molecule has 3 rings (SSSR count). The number of allylic oxidation sites excluding steroid dienone is 2. The van der Waals surface area contributed by atoms with Crippen LogP contribution in [0.4, 0.5) is 0 Å². The molecule has 3 unspecified atom stereocenters. The maximum Gasteiger partial charge on any atom is 0.272 e. The lowest BCUT2D eigenvalue weighted by Gasteiger charge is -2.19. The van der Waals surface area contributed by atoms with E-state index in [0.717, 1.165) is 12.0 Å². The average molecular weight is 607 g/mol. The van der Waals surface area contributed by atoms with Crippen LogP contribution < -0.4 is 20.1 Å². The van der Waals surface area contributed by atoms with Crippen molar-refractivity contribution in [3.05, 3.63) is 78.0 Å². The first kappa shape index (κ1) is 36.1. The van der Waals surface area contributed by atoms with Crippen molar-refractivity contribution in [2.24, 2.45) is 5.92 Å². The zero-order valence-electron chi connectivity index (χ0n) is 27.3. The molecule has 3 atom stereocenters. The minimum atomic E-state index is -0.805. The lowest BCUT2D eigenvalue weighted by atomic mass is 10.0. The SMILES string of the molecule is C/C=C\C.CCC(C)Cn1nc(C(=O)NC(CCc2ccccc2)C(=O)NCC(O)CC)cc1-c1c(OC)cccc1OC. The van der Waals surface area contributed by atoms with Gasteiger partial charge in [0.25, 0.3) is 5.91 Å². The van der Waals surface area contributed by atoms with Crippen molar-refractivity contribution < 1.29 is 24.2 Å². The third-order valence-corrected chi connectivity index (χ3v) is 7.38. The minimum Gasteiger partial charge on any atom is -0.496 e. The van der Waals surface area contributed by atoms with E-state index in [-0.39, 0.29) is 18.1 Å². The number of aromatic nitrogens is 2. The Morgan fingerprint density at radius 1 is 0.977 bits per heavy atom. The predicted molar refractivity (Wildman–Crippen MR) is 176 cm³/mol. The van der Waals surface area contributed by atoms with Gasteiger partial charge in [-0.1, -0.05) is 75.7 Å². The van der Waals surface area contributed by atoms with Crippen molar-refractivity contribution >= 4 is 11.8 Å². The topological polar surface area (TPSA) is 115 Å². The summed E-state index contributed by atoms with van der Waals surface area (Å²) in [6, 6.07) is 16.2. The van der Waals surface area contributed by atoms with Gasteiger partial charge in [-0.05, 0) is 62.8 Å². The van der Waals surface area contributed by atoms with Crippen LogP contribution in [-0.2, 0) is 17.8 Å². The van der Waals surface area contributed by atoms with E-state index in [1.807, 2.05) is 81.5 Å². The number of carbonyl (C=O) groups is 2. The summed E-state index contributed by atoms with van der Waals surface area (Å²) in [6.45, 7) is 10.8. The summed E-state index contributed by atoms with van der Waals surface area (Å²) in [7, 11) is 3.18. The lowest BCUT2D eigenvalue weighted by Crippen LogP contribution is -2.48. The Morgan fingerprint density at radius 2 is 1.61 bits per heavy atom. The number of methoxy groups -OCH3 is 2. The van der Waals surface area contributed by atoms with Gasteiger partial charge in [0, 0.05) is 13.1 Å². The smallest absolute Gasteiger partial charge is 0.272 e. The van der Waals surface area contributed by atoms with Crippen LogP contribution in [0, 0.1) is 5.92 Å². The highest BCUT2D eigenvalue weighted by atomic mass is 16.5. The number of rotatable bonds is 15. The quantitative estimate of drug-likeness (QED) is 0.188. The molecule has 0 aliphatic rings. The number of nitrogens with one attached hydrogen (secondary N) is 2. The van der Waals surface area contributed by atoms with Gasteiger partial charge >= 0.3 is 0 Å². The first-order valence-corrected chi connectivity index (χ1v) is 15.4. The summed E-state index contributed by atoms with van der Waals surface area (Å²) in [6.07, 6.45) is 5.80. The predicted octanol–water partition coefficient (Wildman–Crippen LogP) is 5.81. The highest BCUT2D eigenvalue weighted by molar-refractivity contribution is 5.97. The Labute approximate surface area is 262 Å². The molecule has 0 aliphatic heterocycles. The first-order chi connectivity index (χ1) is 21.2. The number of aliphatic hydroxyl groups excluding tert-OH is 1. The summed E-state index contributed by atoms with van der Waals surface area (Å²) in [5.74, 6) is 0.715. The second-order valence-electron chi connectivity index (χ2n) is 10.7. The van der Waals surface area contributed by atoms with E-state index in [0.29, 0.717) is 54.5 Å². The third kappa shape index (κ3) is 10.9. The number of amides is 2. The molecule has 0 saturated carbocycles. The molecule has 240 valence electrons. The monoisotopic (exact) mass is 606 g/mol. The second-order valence-corrected chi connectivity index (χ2v) is 10.7. The minimum absolute atomic E-state index is 0.119. The molecule has 0 fully saturated rings. The van der Waals surface area contributed by atoms with Crippen molar-refractivity contribution in [1.29, 1.82) is 0 Å². The van der Waals surface area contributed by atoms with Gasteiger partial charge in [-0.25, -0.2) is 0 Å². The van der Waals surface area contributed by atoms with Crippen LogP contribution in [0.3, 0.4) is 0 Å². The third-order valence-electron chi connectivity index (χ3n) is 7.38. The normalized spacial score (nSPS) is 12.9. The number of nitrogens with zero attached hydrogens (tertiary/aromatic N) is 2. The zero-order chi connectivity index (χ0) is 32.5. The Kier molecular flexibility index (Phi) is 15.8. The molecule has 9 nitrogen and oxygen atoms in total. The van der Waals surface area contributed by atoms with Gasteiger partial charge in [-0.15, -0.1) is 0 Å². The molecule has 2 amide bonds. The molecule has 3 aromatic rings. The molecule has 3 N–H and O–H groups in total. The first-order valence-electron chi connectivity index (χ1n) is 15.4. The van der Waals surface area contributed by atoms with Gasteiger partial charge in [0.2, 0.25) is 5.91 Å². The molecule has 1 heterocycles. The number of aryl methyl sites for hydroxylation is 1. The molecule has 0 aliphatic carbocycles. The fourth-order valence-corrected chi connectivity index (χ4v) is 4.34. The van der Waals surface area contributed by atoms with Crippen LogP contribution in [-0.4, -0.2) is 59.6 Å².